The zero-order chi connectivity index (χ0) is 22.8. The van der Waals surface area contributed by atoms with Crippen LogP contribution in [0.15, 0.2) is 24.4 Å². The molecule has 2 aliphatic heterocycles. The number of nitriles is 1. The Morgan fingerprint density at radius 3 is 2.94 bits per heavy atom. The van der Waals surface area contributed by atoms with E-state index in [4.69, 9.17) is 10.00 Å². The molecule has 0 aliphatic carbocycles. The maximum absolute atomic E-state index is 14.8. The predicted molar refractivity (Wildman–Crippen MR) is 115 cm³/mol. The van der Waals surface area contributed by atoms with E-state index < -0.39 is 18.1 Å². The van der Waals surface area contributed by atoms with Crippen LogP contribution in [-0.2, 0) is 17.8 Å². The summed E-state index contributed by atoms with van der Waals surface area (Å²) in [4.78, 5) is 30.3. The average Bonchev–Trinajstić information content (AvgIpc) is 3.16. The van der Waals surface area contributed by atoms with E-state index in [0.717, 1.165) is 23.1 Å². The summed E-state index contributed by atoms with van der Waals surface area (Å²) >= 11 is 0. The van der Waals surface area contributed by atoms with E-state index in [1.165, 1.54) is 6.20 Å². The molecule has 4 rings (SSSR count). The number of hydrogen-bond donors (Lipinski definition) is 1. The van der Waals surface area contributed by atoms with Gasteiger partial charge in [-0.3, -0.25) is 9.69 Å². The highest BCUT2D eigenvalue weighted by atomic mass is 19.1. The number of fused-ring (bicyclic) bond motifs is 1. The molecular formula is C24H25FN4O3. The molecule has 1 aromatic heterocycles. The zero-order valence-electron chi connectivity index (χ0n) is 18.2. The summed E-state index contributed by atoms with van der Waals surface area (Å²) in [5.74, 6) is -0.699. The molecule has 1 aromatic carbocycles. The maximum atomic E-state index is 14.8. The Hall–Kier alpha value is -3.31. The number of aryl methyl sites for hydroxylation is 1. The molecule has 0 spiro atoms. The Morgan fingerprint density at radius 1 is 1.41 bits per heavy atom. The number of nitrogens with one attached hydrogen (secondary N) is 1. The molecule has 0 radical (unpaired) electrons. The van der Waals surface area contributed by atoms with Gasteiger partial charge in [-0.15, -0.1) is 0 Å². The van der Waals surface area contributed by atoms with Crippen molar-refractivity contribution < 1.29 is 18.7 Å². The van der Waals surface area contributed by atoms with Crippen molar-refractivity contribution in [1.29, 1.82) is 5.26 Å². The van der Waals surface area contributed by atoms with Crippen molar-refractivity contribution in [1.82, 2.24) is 15.2 Å². The van der Waals surface area contributed by atoms with Gasteiger partial charge in [0.25, 0.3) is 5.91 Å². The number of carbonyl (C=O) groups is 2. The highest BCUT2D eigenvalue weighted by Gasteiger charge is 2.31. The topological polar surface area (TPSA) is 95.3 Å². The van der Waals surface area contributed by atoms with Gasteiger partial charge in [0.2, 0.25) is 0 Å². The van der Waals surface area contributed by atoms with Crippen LogP contribution >= 0.6 is 0 Å². The molecule has 3 heterocycles. The number of amides is 1. The van der Waals surface area contributed by atoms with Gasteiger partial charge < -0.3 is 10.1 Å². The normalized spacial score (nSPS) is 20.4. The highest BCUT2D eigenvalue weighted by Crippen LogP contribution is 2.26. The molecule has 1 fully saturated rings. The lowest BCUT2D eigenvalue weighted by Gasteiger charge is -2.35. The van der Waals surface area contributed by atoms with Gasteiger partial charge in [0.05, 0.1) is 17.2 Å². The van der Waals surface area contributed by atoms with E-state index in [1.54, 1.807) is 13.0 Å². The molecule has 2 aromatic rings. The van der Waals surface area contributed by atoms with Crippen LogP contribution in [0.4, 0.5) is 4.39 Å². The van der Waals surface area contributed by atoms with Crippen molar-refractivity contribution in [3.63, 3.8) is 0 Å². The smallest absolute Gasteiger partial charge is 0.338 e. The highest BCUT2D eigenvalue weighted by molar-refractivity contribution is 5.94. The average molecular weight is 436 g/mol. The number of cyclic esters (lactones) is 1. The number of nitrogens with zero attached hydrogens (tertiary/aromatic N) is 3. The lowest BCUT2D eigenvalue weighted by Crippen LogP contribution is -2.52. The third-order valence-corrected chi connectivity index (χ3v) is 6.38. The zero-order valence-corrected chi connectivity index (χ0v) is 18.2. The number of halogens is 1. The van der Waals surface area contributed by atoms with Crippen molar-refractivity contribution in [3.05, 3.63) is 63.5 Å². The maximum Gasteiger partial charge on any atom is 0.338 e. The summed E-state index contributed by atoms with van der Waals surface area (Å²) < 4.78 is 19.9. The largest absolute Gasteiger partial charge is 0.457 e. The number of benzene rings is 1. The number of pyridine rings is 1. The first-order valence-electron chi connectivity index (χ1n) is 10.7. The number of hydrogen-bond acceptors (Lipinski definition) is 6. The van der Waals surface area contributed by atoms with E-state index in [1.807, 2.05) is 25.1 Å². The predicted octanol–water partition coefficient (Wildman–Crippen LogP) is 2.63. The van der Waals surface area contributed by atoms with Crippen LogP contribution in [0.5, 0.6) is 0 Å². The van der Waals surface area contributed by atoms with Crippen LogP contribution in [0.2, 0.25) is 0 Å². The molecule has 1 saturated heterocycles. The SMILES string of the molecule is Cc1cc(C(=O)NC2CCN(CCc3ccc4c(c3C)COC4=O)CC2F)ncc1C#N. The Labute approximate surface area is 186 Å². The first kappa shape index (κ1) is 21.9. The molecule has 1 amide bonds. The molecule has 8 heteroatoms. The molecule has 2 unspecified atom stereocenters. The third kappa shape index (κ3) is 4.34. The van der Waals surface area contributed by atoms with Crippen molar-refractivity contribution >= 4 is 11.9 Å². The van der Waals surface area contributed by atoms with Crippen LogP contribution < -0.4 is 5.32 Å². The van der Waals surface area contributed by atoms with Crippen LogP contribution in [-0.4, -0.2) is 53.6 Å². The van der Waals surface area contributed by atoms with E-state index in [9.17, 15) is 14.0 Å². The standard InChI is InChI=1S/C24H25FN4O3/c1-14-9-22(27-11-17(14)10-26)23(30)28-21-6-8-29(12-20(21)25)7-5-16-3-4-18-19(15(16)2)13-32-24(18)31/h3-4,9,11,20-21H,5-8,12-13H2,1-2H3,(H,28,30). The minimum absolute atomic E-state index is 0.186. The summed E-state index contributed by atoms with van der Waals surface area (Å²) in [5.41, 5.74) is 5.05. The van der Waals surface area contributed by atoms with Gasteiger partial charge in [0, 0.05) is 31.4 Å². The molecule has 2 aliphatic rings. The number of ether oxygens (including phenoxy) is 1. The minimum Gasteiger partial charge on any atom is -0.457 e. The molecular weight excluding hydrogens is 411 g/mol. The number of rotatable bonds is 5. The summed E-state index contributed by atoms with van der Waals surface area (Å²) in [6.07, 6.45) is 1.45. The Kier molecular flexibility index (Phi) is 6.19. The number of aromatic nitrogens is 1. The number of piperidine rings is 1. The lowest BCUT2D eigenvalue weighted by atomic mass is 9.96. The van der Waals surface area contributed by atoms with E-state index in [0.29, 0.717) is 42.8 Å². The summed E-state index contributed by atoms with van der Waals surface area (Å²) in [5, 5.41) is 11.7. The monoisotopic (exact) mass is 436 g/mol. The first-order valence-corrected chi connectivity index (χ1v) is 10.7. The van der Waals surface area contributed by atoms with Crippen LogP contribution in [0.3, 0.4) is 0 Å². The fourth-order valence-corrected chi connectivity index (χ4v) is 4.32. The second-order valence-corrected chi connectivity index (χ2v) is 8.38. The molecule has 1 N–H and O–H groups in total. The van der Waals surface area contributed by atoms with E-state index in [2.05, 4.69) is 15.2 Å². The molecule has 32 heavy (non-hydrogen) atoms. The Balaban J connectivity index is 1.31. The fourth-order valence-electron chi connectivity index (χ4n) is 4.32. The minimum atomic E-state index is -1.18. The van der Waals surface area contributed by atoms with Gasteiger partial charge in [-0.05, 0) is 55.5 Å². The van der Waals surface area contributed by atoms with Crippen LogP contribution in [0, 0.1) is 25.2 Å². The Bertz CT molecular complexity index is 1110. The van der Waals surface area contributed by atoms with Crippen molar-refractivity contribution in [2.24, 2.45) is 0 Å². The van der Waals surface area contributed by atoms with Crippen LogP contribution in [0.25, 0.3) is 0 Å². The molecule has 7 nitrogen and oxygen atoms in total. The van der Waals surface area contributed by atoms with E-state index in [-0.39, 0.29) is 18.2 Å². The number of esters is 1. The van der Waals surface area contributed by atoms with Crippen molar-refractivity contribution in [3.8, 4) is 6.07 Å². The lowest BCUT2D eigenvalue weighted by molar-refractivity contribution is 0.0534. The molecule has 2 atom stereocenters. The van der Waals surface area contributed by atoms with Crippen LogP contribution in [0.1, 0.15) is 55.1 Å². The quantitative estimate of drug-likeness (QED) is 0.724. The molecule has 0 saturated carbocycles. The first-order chi connectivity index (χ1) is 15.4. The number of likely N-dealkylation sites (tertiary alicyclic amines) is 1. The van der Waals surface area contributed by atoms with Gasteiger partial charge in [0.15, 0.2) is 0 Å². The number of alkyl halides is 1. The van der Waals surface area contributed by atoms with Gasteiger partial charge in [0.1, 0.15) is 24.5 Å². The van der Waals surface area contributed by atoms with Gasteiger partial charge in [-0.1, -0.05) is 6.07 Å². The molecule has 166 valence electrons. The Morgan fingerprint density at radius 2 is 2.22 bits per heavy atom. The van der Waals surface area contributed by atoms with Gasteiger partial charge in [-0.2, -0.15) is 5.26 Å². The van der Waals surface area contributed by atoms with Gasteiger partial charge in [-0.25, -0.2) is 14.2 Å². The van der Waals surface area contributed by atoms with Crippen molar-refractivity contribution in [2.45, 2.75) is 45.5 Å². The summed E-state index contributed by atoms with van der Waals surface area (Å²) in [6, 6.07) is 6.76. The number of carbonyl (C=O) groups excluding carboxylic acids is 2. The molecule has 0 bridgehead atoms. The summed E-state index contributed by atoms with van der Waals surface area (Å²) in [7, 11) is 0. The van der Waals surface area contributed by atoms with Gasteiger partial charge >= 0.3 is 5.97 Å². The van der Waals surface area contributed by atoms with E-state index >= 15 is 0 Å². The fraction of sp³-hybridized carbons (Fsp3) is 0.417. The second kappa shape index (κ2) is 9.05. The third-order valence-electron chi connectivity index (χ3n) is 6.38. The van der Waals surface area contributed by atoms with Crippen molar-refractivity contribution in [2.75, 3.05) is 19.6 Å². The summed E-state index contributed by atoms with van der Waals surface area (Å²) in [6.45, 7) is 5.67. The second-order valence-electron chi connectivity index (χ2n) is 8.38.